The summed E-state index contributed by atoms with van der Waals surface area (Å²) in [5.41, 5.74) is 1.96. The van der Waals surface area contributed by atoms with Crippen LogP contribution in [0.1, 0.15) is 35.7 Å². The number of carbonyl (C=O) groups excluding carboxylic acids is 1. The second-order valence-electron chi connectivity index (χ2n) is 7.07. The topological polar surface area (TPSA) is 41.6 Å². The second kappa shape index (κ2) is 9.39. The van der Waals surface area contributed by atoms with Gasteiger partial charge in [-0.3, -0.25) is 9.69 Å². The fraction of sp³-hybridized carbons (Fsp3) is 0.409. The van der Waals surface area contributed by atoms with Crippen LogP contribution >= 0.6 is 0 Å². The molecule has 0 aromatic heterocycles. The number of hydrogen-bond acceptors (Lipinski definition) is 3. The molecule has 4 heteroatoms. The number of benzene rings is 2. The van der Waals surface area contributed by atoms with Crippen molar-refractivity contribution in [2.45, 2.75) is 26.3 Å². The molecule has 1 aliphatic rings. The van der Waals surface area contributed by atoms with Crippen LogP contribution in [0.25, 0.3) is 0 Å². The van der Waals surface area contributed by atoms with Crippen LogP contribution in [0.2, 0.25) is 0 Å². The molecule has 0 aliphatic carbocycles. The number of ether oxygens (including phenoxy) is 1. The SMILES string of the molecule is CC1CCN(Cc2ccc(C(=O)NCCOc3ccccc3)cc2)CC1. The summed E-state index contributed by atoms with van der Waals surface area (Å²) in [4.78, 5) is 14.7. The first kappa shape index (κ1) is 18.5. The number of carbonyl (C=O) groups is 1. The van der Waals surface area contributed by atoms with E-state index in [0.717, 1.165) is 18.2 Å². The van der Waals surface area contributed by atoms with Crippen LogP contribution in [-0.4, -0.2) is 37.0 Å². The quantitative estimate of drug-likeness (QED) is 0.772. The number of hydrogen-bond donors (Lipinski definition) is 1. The van der Waals surface area contributed by atoms with E-state index in [9.17, 15) is 4.79 Å². The van der Waals surface area contributed by atoms with Gasteiger partial charge >= 0.3 is 0 Å². The molecule has 0 spiro atoms. The smallest absolute Gasteiger partial charge is 0.251 e. The van der Waals surface area contributed by atoms with Crippen molar-refractivity contribution in [3.8, 4) is 5.75 Å². The van der Waals surface area contributed by atoms with Gasteiger partial charge in [0.2, 0.25) is 0 Å². The van der Waals surface area contributed by atoms with Gasteiger partial charge in [0.25, 0.3) is 5.91 Å². The highest BCUT2D eigenvalue weighted by Gasteiger charge is 2.15. The van der Waals surface area contributed by atoms with Gasteiger partial charge in [-0.2, -0.15) is 0 Å². The summed E-state index contributed by atoms with van der Waals surface area (Å²) in [5, 5.41) is 2.90. The number of likely N-dealkylation sites (tertiary alicyclic amines) is 1. The van der Waals surface area contributed by atoms with E-state index in [1.54, 1.807) is 0 Å². The Bertz CT molecular complexity index is 677. The number of para-hydroxylation sites is 1. The second-order valence-corrected chi connectivity index (χ2v) is 7.07. The Labute approximate surface area is 156 Å². The zero-order chi connectivity index (χ0) is 18.2. The molecule has 138 valence electrons. The summed E-state index contributed by atoms with van der Waals surface area (Å²) < 4.78 is 5.58. The van der Waals surface area contributed by atoms with Crippen LogP contribution in [0.5, 0.6) is 5.75 Å². The molecule has 0 unspecified atom stereocenters. The predicted octanol–water partition coefficient (Wildman–Crippen LogP) is 3.73. The molecule has 1 fully saturated rings. The van der Waals surface area contributed by atoms with Gasteiger partial charge < -0.3 is 10.1 Å². The number of nitrogens with zero attached hydrogens (tertiary/aromatic N) is 1. The molecular formula is C22H28N2O2. The Balaban J connectivity index is 1.40. The van der Waals surface area contributed by atoms with Crippen molar-refractivity contribution >= 4 is 5.91 Å². The monoisotopic (exact) mass is 352 g/mol. The van der Waals surface area contributed by atoms with Crippen LogP contribution in [0.3, 0.4) is 0 Å². The number of amides is 1. The van der Waals surface area contributed by atoms with Crippen molar-refractivity contribution in [2.24, 2.45) is 5.92 Å². The lowest BCUT2D eigenvalue weighted by molar-refractivity contribution is 0.0947. The van der Waals surface area contributed by atoms with E-state index in [1.165, 1.54) is 31.5 Å². The van der Waals surface area contributed by atoms with E-state index in [0.29, 0.717) is 18.7 Å². The molecular weight excluding hydrogens is 324 g/mol. The first-order valence-electron chi connectivity index (χ1n) is 9.48. The van der Waals surface area contributed by atoms with Crippen molar-refractivity contribution in [1.29, 1.82) is 0 Å². The zero-order valence-corrected chi connectivity index (χ0v) is 15.5. The van der Waals surface area contributed by atoms with Crippen LogP contribution in [0.15, 0.2) is 54.6 Å². The van der Waals surface area contributed by atoms with Crippen molar-refractivity contribution in [1.82, 2.24) is 10.2 Å². The van der Waals surface area contributed by atoms with Gasteiger partial charge in [-0.1, -0.05) is 37.3 Å². The number of nitrogens with one attached hydrogen (secondary N) is 1. The average Bonchev–Trinajstić information content (AvgIpc) is 2.68. The first-order chi connectivity index (χ1) is 12.7. The highest BCUT2D eigenvalue weighted by atomic mass is 16.5. The largest absolute Gasteiger partial charge is 0.492 e. The number of rotatable bonds is 7. The molecule has 1 amide bonds. The van der Waals surface area contributed by atoms with Gasteiger partial charge in [-0.15, -0.1) is 0 Å². The van der Waals surface area contributed by atoms with Gasteiger partial charge in [0.05, 0.1) is 6.54 Å². The van der Waals surface area contributed by atoms with Crippen molar-refractivity contribution in [3.05, 3.63) is 65.7 Å². The van der Waals surface area contributed by atoms with Crippen molar-refractivity contribution in [2.75, 3.05) is 26.2 Å². The van der Waals surface area contributed by atoms with Crippen LogP contribution in [-0.2, 0) is 6.54 Å². The molecule has 0 radical (unpaired) electrons. The van der Waals surface area contributed by atoms with Gasteiger partial charge in [-0.05, 0) is 61.7 Å². The van der Waals surface area contributed by atoms with E-state index in [2.05, 4.69) is 29.3 Å². The molecule has 0 bridgehead atoms. The summed E-state index contributed by atoms with van der Waals surface area (Å²) in [7, 11) is 0. The average molecular weight is 352 g/mol. The standard InChI is InChI=1S/C22H28N2O2/c1-18-11-14-24(15-12-18)17-19-7-9-20(10-8-19)22(25)23-13-16-26-21-5-3-2-4-6-21/h2-10,18H,11-17H2,1H3,(H,23,25). The zero-order valence-electron chi connectivity index (χ0n) is 15.5. The van der Waals surface area contributed by atoms with Gasteiger partial charge in [0, 0.05) is 12.1 Å². The molecule has 1 saturated heterocycles. The third-order valence-electron chi connectivity index (χ3n) is 4.90. The normalized spacial score (nSPS) is 15.6. The summed E-state index contributed by atoms with van der Waals surface area (Å²) in [6, 6.07) is 17.6. The fourth-order valence-corrected chi connectivity index (χ4v) is 3.19. The molecule has 1 aliphatic heterocycles. The molecule has 0 saturated carbocycles. The summed E-state index contributed by atoms with van der Waals surface area (Å²) >= 11 is 0. The maximum absolute atomic E-state index is 12.2. The molecule has 1 N–H and O–H groups in total. The van der Waals surface area contributed by atoms with E-state index >= 15 is 0 Å². The lowest BCUT2D eigenvalue weighted by Gasteiger charge is -2.30. The maximum Gasteiger partial charge on any atom is 0.251 e. The minimum Gasteiger partial charge on any atom is -0.492 e. The predicted molar refractivity (Wildman–Crippen MR) is 104 cm³/mol. The van der Waals surface area contributed by atoms with Gasteiger partial charge in [0.15, 0.2) is 0 Å². The van der Waals surface area contributed by atoms with Crippen molar-refractivity contribution in [3.63, 3.8) is 0 Å². The Morgan fingerprint density at radius 3 is 2.46 bits per heavy atom. The molecule has 2 aromatic carbocycles. The Hall–Kier alpha value is -2.33. The molecule has 0 atom stereocenters. The van der Waals surface area contributed by atoms with Crippen LogP contribution < -0.4 is 10.1 Å². The van der Waals surface area contributed by atoms with E-state index in [4.69, 9.17) is 4.74 Å². The highest BCUT2D eigenvalue weighted by Crippen LogP contribution is 2.18. The lowest BCUT2D eigenvalue weighted by atomic mass is 9.99. The third-order valence-corrected chi connectivity index (χ3v) is 4.90. The molecule has 4 nitrogen and oxygen atoms in total. The molecule has 2 aromatic rings. The first-order valence-corrected chi connectivity index (χ1v) is 9.48. The lowest BCUT2D eigenvalue weighted by Crippen LogP contribution is -2.32. The van der Waals surface area contributed by atoms with Crippen molar-refractivity contribution < 1.29 is 9.53 Å². The van der Waals surface area contributed by atoms with E-state index < -0.39 is 0 Å². The summed E-state index contributed by atoms with van der Waals surface area (Å²) in [6.07, 6.45) is 2.57. The fourth-order valence-electron chi connectivity index (χ4n) is 3.19. The Morgan fingerprint density at radius 2 is 1.77 bits per heavy atom. The highest BCUT2D eigenvalue weighted by molar-refractivity contribution is 5.94. The summed E-state index contributed by atoms with van der Waals surface area (Å²) in [5.74, 6) is 1.61. The Morgan fingerprint density at radius 1 is 1.08 bits per heavy atom. The van der Waals surface area contributed by atoms with E-state index in [-0.39, 0.29) is 5.91 Å². The van der Waals surface area contributed by atoms with Crippen LogP contribution in [0.4, 0.5) is 0 Å². The van der Waals surface area contributed by atoms with Gasteiger partial charge in [-0.25, -0.2) is 0 Å². The minimum absolute atomic E-state index is 0.0555. The molecule has 3 rings (SSSR count). The minimum atomic E-state index is -0.0555. The van der Waals surface area contributed by atoms with E-state index in [1.807, 2.05) is 42.5 Å². The maximum atomic E-state index is 12.2. The summed E-state index contributed by atoms with van der Waals surface area (Å²) in [6.45, 7) is 6.59. The molecule has 1 heterocycles. The Kier molecular flexibility index (Phi) is 6.67. The molecule has 26 heavy (non-hydrogen) atoms. The number of piperidine rings is 1. The third kappa shape index (κ3) is 5.60. The van der Waals surface area contributed by atoms with Crippen LogP contribution in [0, 0.1) is 5.92 Å². The van der Waals surface area contributed by atoms with Gasteiger partial charge in [0.1, 0.15) is 12.4 Å².